The zero-order valence-corrected chi connectivity index (χ0v) is 16.5. The molecule has 0 saturated carbocycles. The molecule has 0 spiro atoms. The van der Waals surface area contributed by atoms with E-state index in [0.717, 1.165) is 37.1 Å². The fourth-order valence-corrected chi connectivity index (χ4v) is 2.23. The lowest BCUT2D eigenvalue weighted by Gasteiger charge is -2.08. The van der Waals surface area contributed by atoms with Gasteiger partial charge in [0.1, 0.15) is 6.29 Å². The molecule has 0 saturated heterocycles. The second-order valence-electron chi connectivity index (χ2n) is 5.02. The van der Waals surface area contributed by atoms with E-state index >= 15 is 0 Å². The summed E-state index contributed by atoms with van der Waals surface area (Å²) in [6.07, 6.45) is 4.86. The summed E-state index contributed by atoms with van der Waals surface area (Å²) in [6.45, 7) is 11.2. The first-order valence-electron chi connectivity index (χ1n) is 8.59. The first kappa shape index (κ1) is 24.1. The van der Waals surface area contributed by atoms with Gasteiger partial charge in [0.25, 0.3) is 0 Å². The van der Waals surface area contributed by atoms with Crippen LogP contribution in [0.25, 0.3) is 0 Å². The summed E-state index contributed by atoms with van der Waals surface area (Å²) in [5.74, 6) is 0. The average molecular weight is 340 g/mol. The van der Waals surface area contributed by atoms with Crippen molar-refractivity contribution in [1.82, 2.24) is 5.32 Å². The minimum atomic E-state index is 0.576. The van der Waals surface area contributed by atoms with E-state index in [4.69, 9.17) is 11.6 Å². The van der Waals surface area contributed by atoms with Crippen LogP contribution in [-0.2, 0) is 11.2 Å². The number of aldehydes is 1. The molecule has 0 bridgehead atoms. The van der Waals surface area contributed by atoms with Crippen molar-refractivity contribution >= 4 is 17.9 Å². The van der Waals surface area contributed by atoms with Crippen molar-refractivity contribution in [2.24, 2.45) is 0 Å². The second-order valence-corrected chi connectivity index (χ2v) is 5.45. The predicted molar refractivity (Wildman–Crippen MR) is 104 cm³/mol. The molecule has 1 rings (SSSR count). The van der Waals surface area contributed by atoms with Gasteiger partial charge in [0, 0.05) is 18.0 Å². The maximum atomic E-state index is 10.3. The fourth-order valence-electron chi connectivity index (χ4n) is 2.02. The van der Waals surface area contributed by atoms with Gasteiger partial charge in [0.15, 0.2) is 0 Å². The Labute approximate surface area is 148 Å². The highest BCUT2D eigenvalue weighted by Crippen LogP contribution is 2.12. The molecule has 2 nitrogen and oxygen atoms in total. The molecule has 23 heavy (non-hydrogen) atoms. The predicted octanol–water partition coefficient (Wildman–Crippen LogP) is 5.84. The number of likely N-dealkylation sites (N-methyl/N-ethyl adjacent to an activating group) is 1. The minimum absolute atomic E-state index is 0.576. The third-order valence-corrected chi connectivity index (χ3v) is 3.48. The summed E-state index contributed by atoms with van der Waals surface area (Å²) in [7, 11) is 1.91. The van der Waals surface area contributed by atoms with Gasteiger partial charge in [-0.2, -0.15) is 0 Å². The minimum Gasteiger partial charge on any atom is -0.316 e. The van der Waals surface area contributed by atoms with E-state index in [0.29, 0.717) is 6.42 Å². The molecule has 0 aromatic heterocycles. The lowest BCUT2D eigenvalue weighted by Crippen LogP contribution is -2.12. The molecular weight excluding hydrogens is 306 g/mol. The highest BCUT2D eigenvalue weighted by atomic mass is 35.5. The van der Waals surface area contributed by atoms with Gasteiger partial charge in [-0.05, 0) is 44.5 Å². The van der Waals surface area contributed by atoms with Crippen LogP contribution in [0.2, 0.25) is 5.02 Å². The maximum Gasteiger partial charge on any atom is 0.124 e. The van der Waals surface area contributed by atoms with Crippen LogP contribution in [0.15, 0.2) is 35.4 Å². The summed E-state index contributed by atoms with van der Waals surface area (Å²) >= 11 is 5.72. The molecule has 0 aliphatic carbocycles. The summed E-state index contributed by atoms with van der Waals surface area (Å²) in [5, 5.41) is 3.90. The molecule has 132 valence electrons. The Kier molecular flexibility index (Phi) is 18.1. The molecule has 0 radical (unpaired) electrons. The van der Waals surface area contributed by atoms with Crippen LogP contribution in [0.1, 0.15) is 59.4 Å². The molecule has 0 aliphatic rings. The second kappa shape index (κ2) is 17.2. The molecule has 0 amide bonds. The molecule has 0 unspecified atom stereocenters. The van der Waals surface area contributed by atoms with Gasteiger partial charge in [-0.3, -0.25) is 0 Å². The van der Waals surface area contributed by atoms with Gasteiger partial charge in [0.2, 0.25) is 0 Å². The lowest BCUT2D eigenvalue weighted by molar-refractivity contribution is -0.107. The Morgan fingerprint density at radius 2 is 1.91 bits per heavy atom. The number of carbonyl (C=O) groups is 1. The number of hydrogen-bond donors (Lipinski definition) is 1. The maximum absolute atomic E-state index is 10.3. The Morgan fingerprint density at radius 3 is 2.30 bits per heavy atom. The van der Waals surface area contributed by atoms with Crippen LogP contribution in [0.3, 0.4) is 0 Å². The number of carbonyl (C=O) groups excluding carboxylic acids is 1. The van der Waals surface area contributed by atoms with Crippen molar-refractivity contribution in [2.45, 2.75) is 60.3 Å². The molecule has 0 heterocycles. The number of aryl methyl sites for hydroxylation is 1. The standard InChI is InChI=1S/C10H19NO.C8H9Cl.C2H6/c1-4-5-9(2)10(6-7-12)8-11-3;1-2-7-4-3-5-8(9)6-7;1-2/h7,11H,4-6,8H2,1-3H3;3-6H,2H2,1H3;1-2H3/b10-9+;;. The Hall–Kier alpha value is -1.12. The number of allylic oxidation sites excluding steroid dienone is 1. The molecule has 3 heteroatoms. The van der Waals surface area contributed by atoms with E-state index in [1.54, 1.807) is 0 Å². The van der Waals surface area contributed by atoms with Gasteiger partial charge in [0.05, 0.1) is 0 Å². The van der Waals surface area contributed by atoms with Crippen molar-refractivity contribution < 1.29 is 4.79 Å². The van der Waals surface area contributed by atoms with Gasteiger partial charge in [-0.15, -0.1) is 0 Å². The summed E-state index contributed by atoms with van der Waals surface area (Å²) in [6, 6.07) is 7.93. The van der Waals surface area contributed by atoms with Crippen LogP contribution in [0, 0.1) is 0 Å². The topological polar surface area (TPSA) is 29.1 Å². The van der Waals surface area contributed by atoms with Gasteiger partial charge < -0.3 is 10.1 Å². The molecule has 1 N–H and O–H groups in total. The number of hydrogen-bond acceptors (Lipinski definition) is 2. The van der Waals surface area contributed by atoms with Crippen molar-refractivity contribution in [2.75, 3.05) is 13.6 Å². The van der Waals surface area contributed by atoms with Gasteiger partial charge in [-0.1, -0.05) is 69.0 Å². The molecule has 0 fully saturated rings. The van der Waals surface area contributed by atoms with Crippen LogP contribution in [0.4, 0.5) is 0 Å². The molecular formula is C20H34ClNO. The van der Waals surface area contributed by atoms with E-state index in [-0.39, 0.29) is 0 Å². The van der Waals surface area contributed by atoms with E-state index < -0.39 is 0 Å². The van der Waals surface area contributed by atoms with E-state index in [1.807, 2.05) is 39.1 Å². The molecule has 1 aromatic carbocycles. The summed E-state index contributed by atoms with van der Waals surface area (Å²) in [5.41, 5.74) is 3.90. The zero-order valence-electron chi connectivity index (χ0n) is 15.7. The fraction of sp³-hybridized carbons (Fsp3) is 0.550. The Bertz CT molecular complexity index is 441. The normalized spacial score (nSPS) is 10.6. The van der Waals surface area contributed by atoms with Crippen molar-refractivity contribution in [3.63, 3.8) is 0 Å². The quantitative estimate of drug-likeness (QED) is 0.499. The third kappa shape index (κ3) is 13.1. The Balaban J connectivity index is 0. The highest BCUT2D eigenvalue weighted by molar-refractivity contribution is 6.30. The lowest BCUT2D eigenvalue weighted by atomic mass is 10.0. The van der Waals surface area contributed by atoms with Gasteiger partial charge in [-0.25, -0.2) is 0 Å². The van der Waals surface area contributed by atoms with Crippen molar-refractivity contribution in [3.8, 4) is 0 Å². The largest absolute Gasteiger partial charge is 0.316 e. The molecule has 0 atom stereocenters. The van der Waals surface area contributed by atoms with Crippen LogP contribution in [-0.4, -0.2) is 19.9 Å². The van der Waals surface area contributed by atoms with Crippen molar-refractivity contribution in [1.29, 1.82) is 0 Å². The van der Waals surface area contributed by atoms with Gasteiger partial charge >= 0.3 is 0 Å². The van der Waals surface area contributed by atoms with E-state index in [1.165, 1.54) is 16.7 Å². The van der Waals surface area contributed by atoms with E-state index in [2.05, 4.69) is 32.2 Å². The number of nitrogens with one attached hydrogen (secondary N) is 1. The highest BCUT2D eigenvalue weighted by Gasteiger charge is 1.99. The molecule has 1 aromatic rings. The Morgan fingerprint density at radius 1 is 1.26 bits per heavy atom. The SMILES string of the molecule is CC.CCC/C(C)=C(\CC=O)CNC.CCc1cccc(Cl)c1. The van der Waals surface area contributed by atoms with Crippen LogP contribution < -0.4 is 5.32 Å². The number of benzene rings is 1. The summed E-state index contributed by atoms with van der Waals surface area (Å²) < 4.78 is 0. The average Bonchev–Trinajstić information content (AvgIpc) is 2.57. The smallest absolute Gasteiger partial charge is 0.124 e. The first-order valence-corrected chi connectivity index (χ1v) is 8.96. The number of rotatable bonds is 7. The monoisotopic (exact) mass is 339 g/mol. The van der Waals surface area contributed by atoms with Crippen LogP contribution >= 0.6 is 11.6 Å². The first-order chi connectivity index (χ1) is 11.1. The van der Waals surface area contributed by atoms with Crippen molar-refractivity contribution in [3.05, 3.63) is 46.0 Å². The third-order valence-electron chi connectivity index (χ3n) is 3.25. The van der Waals surface area contributed by atoms with E-state index in [9.17, 15) is 4.79 Å². The zero-order chi connectivity index (χ0) is 18.1. The summed E-state index contributed by atoms with van der Waals surface area (Å²) in [4.78, 5) is 10.3. The molecule has 0 aliphatic heterocycles. The van der Waals surface area contributed by atoms with Crippen LogP contribution in [0.5, 0.6) is 0 Å². The number of halogens is 1.